The molecule has 0 radical (unpaired) electrons. The van der Waals surface area contributed by atoms with Crippen LogP contribution in [0.5, 0.6) is 0 Å². The number of carbonyl (C=O) groups is 1. The molecule has 1 aliphatic heterocycles. The van der Waals surface area contributed by atoms with Crippen molar-refractivity contribution in [3.8, 4) is 0 Å². The van der Waals surface area contributed by atoms with Crippen LogP contribution in [0.4, 0.5) is 0 Å². The summed E-state index contributed by atoms with van der Waals surface area (Å²) in [5.41, 5.74) is 1.06. The van der Waals surface area contributed by atoms with E-state index >= 15 is 0 Å². The molecule has 1 heterocycles. The second-order valence-corrected chi connectivity index (χ2v) is 9.39. The van der Waals surface area contributed by atoms with Crippen LogP contribution in [0.25, 0.3) is 0 Å². The fourth-order valence-corrected chi connectivity index (χ4v) is 5.60. The molecule has 5 heteroatoms. The fraction of sp³-hybridized carbons (Fsp3) is 0.318. The summed E-state index contributed by atoms with van der Waals surface area (Å²) in [6.45, 7) is 0.630. The van der Waals surface area contributed by atoms with Crippen LogP contribution in [0.2, 0.25) is 0 Å². The number of nitrogens with zero attached hydrogens (tertiary/aromatic N) is 1. The van der Waals surface area contributed by atoms with Gasteiger partial charge in [-0.15, -0.1) is 0 Å². The molecule has 1 fully saturated rings. The topological polar surface area (TPSA) is 54.5 Å². The van der Waals surface area contributed by atoms with Gasteiger partial charge in [0.05, 0.1) is 16.2 Å². The lowest BCUT2D eigenvalue weighted by Gasteiger charge is -2.34. The summed E-state index contributed by atoms with van der Waals surface area (Å²) in [7, 11) is -3.43. The van der Waals surface area contributed by atoms with Crippen molar-refractivity contribution in [3.05, 3.63) is 77.9 Å². The molecule has 1 amide bonds. The maximum atomic E-state index is 13.1. The number of hydrogen-bond acceptors (Lipinski definition) is 3. The Morgan fingerprint density at radius 1 is 1.00 bits per heavy atom. The summed E-state index contributed by atoms with van der Waals surface area (Å²) >= 11 is 0. The molecule has 4 rings (SSSR count). The first-order chi connectivity index (χ1) is 13.0. The summed E-state index contributed by atoms with van der Waals surface area (Å²) in [5.74, 6) is -0.123. The molecule has 0 bridgehead atoms. The molecule has 0 unspecified atom stereocenters. The molecule has 2 aromatic carbocycles. The lowest BCUT2D eigenvalue weighted by molar-refractivity contribution is 0.0643. The minimum absolute atomic E-state index is 0.0131. The fourth-order valence-electron chi connectivity index (χ4n) is 4.24. The average Bonchev–Trinajstić information content (AvgIpc) is 3.32. The van der Waals surface area contributed by atoms with Crippen molar-refractivity contribution in [1.82, 2.24) is 4.90 Å². The van der Waals surface area contributed by atoms with E-state index in [1.807, 2.05) is 4.90 Å². The third kappa shape index (κ3) is 3.44. The standard InChI is InChI=1S/C22H23NO3S/c24-21(23-15-7-14-22(23)12-4-5-13-22)19-9-6-8-18(16-19)17-27(25,26)20-10-2-1-3-11-20/h1-3,6-11,14,16H,4-5,12-13,15,17H2. The first-order valence-corrected chi connectivity index (χ1v) is 11.0. The minimum Gasteiger partial charge on any atom is -0.326 e. The van der Waals surface area contributed by atoms with Gasteiger partial charge in [0.15, 0.2) is 9.84 Å². The molecule has 27 heavy (non-hydrogen) atoms. The van der Waals surface area contributed by atoms with Crippen molar-refractivity contribution < 1.29 is 13.2 Å². The van der Waals surface area contributed by atoms with E-state index in [4.69, 9.17) is 0 Å². The van der Waals surface area contributed by atoms with Crippen molar-refractivity contribution >= 4 is 15.7 Å². The molecular formula is C22H23NO3S. The number of carbonyl (C=O) groups excluding carboxylic acids is 1. The molecule has 4 nitrogen and oxygen atoms in total. The first kappa shape index (κ1) is 18.0. The SMILES string of the molecule is O=C(c1cccc(CS(=O)(=O)c2ccccc2)c1)N1CC=CC12CCCC2. The summed E-state index contributed by atoms with van der Waals surface area (Å²) in [4.78, 5) is 15.4. The van der Waals surface area contributed by atoms with E-state index < -0.39 is 9.84 Å². The van der Waals surface area contributed by atoms with E-state index in [1.54, 1.807) is 54.6 Å². The molecule has 0 aromatic heterocycles. The van der Waals surface area contributed by atoms with Crippen LogP contribution >= 0.6 is 0 Å². The van der Waals surface area contributed by atoms with Crippen molar-refractivity contribution in [1.29, 1.82) is 0 Å². The zero-order valence-electron chi connectivity index (χ0n) is 15.2. The molecule has 0 N–H and O–H groups in total. The van der Waals surface area contributed by atoms with Gasteiger partial charge in [0.25, 0.3) is 5.91 Å². The van der Waals surface area contributed by atoms with Gasteiger partial charge in [-0.2, -0.15) is 0 Å². The van der Waals surface area contributed by atoms with Crippen LogP contribution in [0.3, 0.4) is 0 Å². The highest BCUT2D eigenvalue weighted by Gasteiger charge is 2.42. The van der Waals surface area contributed by atoms with Gasteiger partial charge in [-0.1, -0.05) is 55.3 Å². The molecule has 2 aliphatic rings. The van der Waals surface area contributed by atoms with Crippen LogP contribution in [0.1, 0.15) is 41.6 Å². The lowest BCUT2D eigenvalue weighted by Crippen LogP contribution is -2.45. The van der Waals surface area contributed by atoms with Gasteiger partial charge in [0.2, 0.25) is 0 Å². The highest BCUT2D eigenvalue weighted by Crippen LogP contribution is 2.40. The maximum Gasteiger partial charge on any atom is 0.254 e. The Bertz CT molecular complexity index is 974. The van der Waals surface area contributed by atoms with E-state index in [9.17, 15) is 13.2 Å². The Hall–Kier alpha value is -2.40. The van der Waals surface area contributed by atoms with Gasteiger partial charge in [-0.25, -0.2) is 8.42 Å². The van der Waals surface area contributed by atoms with Gasteiger partial charge < -0.3 is 4.90 Å². The summed E-state index contributed by atoms with van der Waals surface area (Å²) in [6.07, 6.45) is 8.57. The Morgan fingerprint density at radius 3 is 2.48 bits per heavy atom. The van der Waals surface area contributed by atoms with Gasteiger partial charge in [-0.05, 0) is 42.7 Å². The van der Waals surface area contributed by atoms with Crippen LogP contribution in [-0.2, 0) is 15.6 Å². The predicted octanol–water partition coefficient (Wildman–Crippen LogP) is 3.99. The van der Waals surface area contributed by atoms with Crippen molar-refractivity contribution in [2.24, 2.45) is 0 Å². The summed E-state index contributed by atoms with van der Waals surface area (Å²) in [6, 6.07) is 15.5. The maximum absolute atomic E-state index is 13.1. The monoisotopic (exact) mass is 381 g/mol. The molecule has 1 spiro atoms. The Balaban J connectivity index is 1.57. The van der Waals surface area contributed by atoms with Crippen molar-refractivity contribution in [3.63, 3.8) is 0 Å². The summed E-state index contributed by atoms with van der Waals surface area (Å²) in [5, 5.41) is 0. The normalized spacial score (nSPS) is 18.3. The van der Waals surface area contributed by atoms with Gasteiger partial charge >= 0.3 is 0 Å². The number of hydrogen-bond donors (Lipinski definition) is 0. The highest BCUT2D eigenvalue weighted by molar-refractivity contribution is 7.90. The zero-order chi connectivity index (χ0) is 18.9. The quantitative estimate of drug-likeness (QED) is 0.753. The molecule has 0 atom stereocenters. The van der Waals surface area contributed by atoms with Gasteiger partial charge in [0.1, 0.15) is 0 Å². The highest BCUT2D eigenvalue weighted by atomic mass is 32.2. The lowest BCUT2D eigenvalue weighted by atomic mass is 9.96. The smallest absolute Gasteiger partial charge is 0.254 e. The van der Waals surface area contributed by atoms with Crippen LogP contribution in [0.15, 0.2) is 71.6 Å². The van der Waals surface area contributed by atoms with E-state index in [-0.39, 0.29) is 17.2 Å². The molecule has 140 valence electrons. The molecule has 1 saturated carbocycles. The van der Waals surface area contributed by atoms with Crippen LogP contribution < -0.4 is 0 Å². The second-order valence-electron chi connectivity index (χ2n) is 7.40. The predicted molar refractivity (Wildman–Crippen MR) is 105 cm³/mol. The first-order valence-electron chi connectivity index (χ1n) is 9.37. The Labute approximate surface area is 160 Å². The minimum atomic E-state index is -3.43. The Morgan fingerprint density at radius 2 is 1.74 bits per heavy atom. The molecule has 0 saturated heterocycles. The third-order valence-electron chi connectivity index (χ3n) is 5.60. The molecular weight excluding hydrogens is 358 g/mol. The zero-order valence-corrected chi connectivity index (χ0v) is 16.0. The molecule has 2 aromatic rings. The molecule has 1 aliphatic carbocycles. The number of benzene rings is 2. The number of amides is 1. The van der Waals surface area contributed by atoms with Gasteiger partial charge in [0, 0.05) is 12.1 Å². The largest absolute Gasteiger partial charge is 0.326 e. The van der Waals surface area contributed by atoms with Crippen molar-refractivity contribution in [2.75, 3.05) is 6.54 Å². The van der Waals surface area contributed by atoms with Crippen LogP contribution in [-0.4, -0.2) is 31.3 Å². The van der Waals surface area contributed by atoms with Gasteiger partial charge in [-0.3, -0.25) is 4.79 Å². The van der Waals surface area contributed by atoms with E-state index in [2.05, 4.69) is 12.2 Å². The van der Waals surface area contributed by atoms with E-state index in [0.29, 0.717) is 22.6 Å². The van der Waals surface area contributed by atoms with Crippen molar-refractivity contribution in [2.45, 2.75) is 41.9 Å². The Kier molecular flexibility index (Phi) is 4.64. The second kappa shape index (κ2) is 6.97. The number of sulfone groups is 1. The van der Waals surface area contributed by atoms with E-state index in [0.717, 1.165) is 25.7 Å². The average molecular weight is 381 g/mol. The third-order valence-corrected chi connectivity index (χ3v) is 7.30. The van der Waals surface area contributed by atoms with E-state index in [1.165, 1.54) is 0 Å². The van der Waals surface area contributed by atoms with Crippen LogP contribution in [0, 0.1) is 0 Å². The summed E-state index contributed by atoms with van der Waals surface area (Å²) < 4.78 is 25.3. The number of rotatable bonds is 4.